The monoisotopic (exact) mass is 313 g/mol. The average molecular weight is 313 g/mol. The van der Waals surface area contributed by atoms with Gasteiger partial charge in [0.05, 0.1) is 4.90 Å². The first-order valence-corrected chi connectivity index (χ1v) is 9.20. The zero-order chi connectivity index (χ0) is 15.5. The van der Waals surface area contributed by atoms with E-state index in [-0.39, 0.29) is 5.41 Å². The summed E-state index contributed by atoms with van der Waals surface area (Å²) >= 11 is 0. The highest BCUT2D eigenvalue weighted by Crippen LogP contribution is 2.39. The third kappa shape index (κ3) is 4.08. The quantitative estimate of drug-likeness (QED) is 0.722. The summed E-state index contributed by atoms with van der Waals surface area (Å²) in [4.78, 5) is 0.362. The molecule has 0 aromatic carbocycles. The van der Waals surface area contributed by atoms with Crippen molar-refractivity contribution in [2.45, 2.75) is 51.0 Å². The van der Waals surface area contributed by atoms with Crippen LogP contribution >= 0.6 is 0 Å². The van der Waals surface area contributed by atoms with Crippen LogP contribution in [0.5, 0.6) is 0 Å². The molecule has 21 heavy (non-hydrogen) atoms. The standard InChI is InChI=1S/C15H27N3O2S/c1-4-8-16-10-13-9-14(11-18(13)3)21(19,20)17-12-15(2)6-5-7-15/h9,11,16-17H,4-8,10,12H2,1-3H3. The van der Waals surface area contributed by atoms with Gasteiger partial charge in [-0.3, -0.25) is 0 Å². The summed E-state index contributed by atoms with van der Waals surface area (Å²) in [6.45, 7) is 6.41. The number of aryl methyl sites for hydroxylation is 1. The van der Waals surface area contributed by atoms with Gasteiger partial charge in [0.1, 0.15) is 0 Å². The largest absolute Gasteiger partial charge is 0.352 e. The van der Waals surface area contributed by atoms with Crippen LogP contribution in [0.25, 0.3) is 0 Å². The van der Waals surface area contributed by atoms with Gasteiger partial charge in [-0.2, -0.15) is 0 Å². The maximum absolute atomic E-state index is 12.4. The summed E-state index contributed by atoms with van der Waals surface area (Å²) in [6, 6.07) is 1.76. The van der Waals surface area contributed by atoms with Gasteiger partial charge in [-0.05, 0) is 37.3 Å². The highest BCUT2D eigenvalue weighted by Gasteiger charge is 2.33. The number of nitrogens with one attached hydrogen (secondary N) is 2. The molecule has 1 saturated carbocycles. The first-order valence-electron chi connectivity index (χ1n) is 7.72. The van der Waals surface area contributed by atoms with Gasteiger partial charge in [-0.25, -0.2) is 13.1 Å². The zero-order valence-electron chi connectivity index (χ0n) is 13.3. The molecule has 5 nitrogen and oxygen atoms in total. The molecule has 0 bridgehead atoms. The van der Waals surface area contributed by atoms with Crippen LogP contribution in [-0.4, -0.2) is 26.1 Å². The van der Waals surface area contributed by atoms with Gasteiger partial charge in [0.15, 0.2) is 0 Å². The molecule has 0 radical (unpaired) electrons. The fraction of sp³-hybridized carbons (Fsp3) is 0.733. The summed E-state index contributed by atoms with van der Waals surface area (Å²) in [5, 5.41) is 3.30. The van der Waals surface area contributed by atoms with Crippen LogP contribution in [-0.2, 0) is 23.6 Å². The Labute approximate surface area is 128 Å². The summed E-state index contributed by atoms with van der Waals surface area (Å²) < 4.78 is 29.4. The van der Waals surface area contributed by atoms with Crippen molar-refractivity contribution in [1.82, 2.24) is 14.6 Å². The summed E-state index contributed by atoms with van der Waals surface area (Å²) in [5.41, 5.74) is 1.13. The second-order valence-corrected chi connectivity index (χ2v) is 8.21. The number of nitrogens with zero attached hydrogens (tertiary/aromatic N) is 1. The predicted octanol–water partition coefficient (Wildman–Crippen LogP) is 1.99. The Hall–Kier alpha value is -0.850. The minimum Gasteiger partial charge on any atom is -0.352 e. The van der Waals surface area contributed by atoms with Crippen molar-refractivity contribution in [3.63, 3.8) is 0 Å². The first-order chi connectivity index (χ1) is 9.86. The molecule has 120 valence electrons. The fourth-order valence-electron chi connectivity index (χ4n) is 2.60. The molecular formula is C15H27N3O2S. The normalized spacial score (nSPS) is 17.7. The maximum atomic E-state index is 12.4. The lowest BCUT2D eigenvalue weighted by atomic mass is 9.71. The van der Waals surface area contributed by atoms with Crippen LogP contribution in [0.1, 0.15) is 45.2 Å². The van der Waals surface area contributed by atoms with E-state index in [0.29, 0.717) is 18.0 Å². The van der Waals surface area contributed by atoms with E-state index >= 15 is 0 Å². The Balaban J connectivity index is 2.00. The Morgan fingerprint density at radius 2 is 2.10 bits per heavy atom. The number of hydrogen-bond acceptors (Lipinski definition) is 3. The second-order valence-electron chi connectivity index (χ2n) is 6.44. The van der Waals surface area contributed by atoms with E-state index < -0.39 is 10.0 Å². The van der Waals surface area contributed by atoms with Crippen LogP contribution < -0.4 is 10.0 Å². The molecule has 0 unspecified atom stereocenters. The molecule has 2 rings (SSSR count). The van der Waals surface area contributed by atoms with E-state index in [4.69, 9.17) is 0 Å². The Kier molecular flexibility index (Phi) is 5.11. The fourth-order valence-corrected chi connectivity index (χ4v) is 3.90. The third-order valence-electron chi connectivity index (χ3n) is 4.38. The lowest BCUT2D eigenvalue weighted by Crippen LogP contribution is -2.39. The topological polar surface area (TPSA) is 63.1 Å². The number of hydrogen-bond donors (Lipinski definition) is 2. The number of sulfonamides is 1. The van der Waals surface area contributed by atoms with Crippen molar-refractivity contribution < 1.29 is 8.42 Å². The molecule has 1 aliphatic carbocycles. The molecule has 1 aromatic rings. The molecule has 2 N–H and O–H groups in total. The highest BCUT2D eigenvalue weighted by atomic mass is 32.2. The lowest BCUT2D eigenvalue weighted by molar-refractivity contribution is 0.166. The van der Waals surface area contributed by atoms with Gasteiger partial charge >= 0.3 is 0 Å². The van der Waals surface area contributed by atoms with Crippen molar-refractivity contribution in [2.24, 2.45) is 12.5 Å². The predicted molar refractivity (Wildman–Crippen MR) is 84.6 cm³/mol. The Morgan fingerprint density at radius 1 is 1.38 bits per heavy atom. The van der Waals surface area contributed by atoms with E-state index in [0.717, 1.165) is 31.5 Å². The molecule has 1 heterocycles. The molecule has 0 saturated heterocycles. The molecule has 6 heteroatoms. The molecule has 0 atom stereocenters. The smallest absolute Gasteiger partial charge is 0.242 e. The van der Waals surface area contributed by atoms with E-state index in [2.05, 4.69) is 23.9 Å². The van der Waals surface area contributed by atoms with Crippen molar-refractivity contribution >= 4 is 10.0 Å². The van der Waals surface area contributed by atoms with Crippen LogP contribution in [0.3, 0.4) is 0 Å². The number of rotatable bonds is 8. The lowest BCUT2D eigenvalue weighted by Gasteiger charge is -2.38. The first kappa shape index (κ1) is 16.5. The molecular weight excluding hydrogens is 286 g/mol. The van der Waals surface area contributed by atoms with E-state index in [9.17, 15) is 8.42 Å². The van der Waals surface area contributed by atoms with Gasteiger partial charge in [-0.1, -0.05) is 20.3 Å². The van der Waals surface area contributed by atoms with Gasteiger partial charge in [0.25, 0.3) is 0 Å². The molecule has 0 amide bonds. The van der Waals surface area contributed by atoms with Crippen LogP contribution in [0.15, 0.2) is 17.2 Å². The van der Waals surface area contributed by atoms with Gasteiger partial charge in [0.2, 0.25) is 10.0 Å². The van der Waals surface area contributed by atoms with Crippen molar-refractivity contribution in [3.05, 3.63) is 18.0 Å². The maximum Gasteiger partial charge on any atom is 0.242 e. The Morgan fingerprint density at radius 3 is 2.67 bits per heavy atom. The van der Waals surface area contributed by atoms with Crippen LogP contribution in [0, 0.1) is 5.41 Å². The summed E-state index contributed by atoms with van der Waals surface area (Å²) in [7, 11) is -1.52. The van der Waals surface area contributed by atoms with Crippen molar-refractivity contribution in [3.8, 4) is 0 Å². The molecule has 1 aromatic heterocycles. The minimum absolute atomic E-state index is 0.146. The molecule has 0 spiro atoms. The average Bonchev–Trinajstić information content (AvgIpc) is 2.77. The SMILES string of the molecule is CCCNCc1cc(S(=O)(=O)NCC2(C)CCC2)cn1C. The van der Waals surface area contributed by atoms with Gasteiger partial charge in [-0.15, -0.1) is 0 Å². The van der Waals surface area contributed by atoms with E-state index in [1.807, 2.05) is 11.6 Å². The Bertz CT molecular complexity index is 574. The molecule has 0 aliphatic heterocycles. The second kappa shape index (κ2) is 6.50. The summed E-state index contributed by atoms with van der Waals surface area (Å²) in [5.74, 6) is 0. The van der Waals surface area contributed by atoms with Gasteiger partial charge < -0.3 is 9.88 Å². The van der Waals surface area contributed by atoms with Gasteiger partial charge in [0, 0.05) is 32.0 Å². The number of aromatic nitrogens is 1. The molecule has 1 fully saturated rings. The highest BCUT2D eigenvalue weighted by molar-refractivity contribution is 7.89. The van der Waals surface area contributed by atoms with Crippen molar-refractivity contribution in [1.29, 1.82) is 0 Å². The van der Waals surface area contributed by atoms with Crippen LogP contribution in [0.2, 0.25) is 0 Å². The van der Waals surface area contributed by atoms with Crippen molar-refractivity contribution in [2.75, 3.05) is 13.1 Å². The van der Waals surface area contributed by atoms with E-state index in [1.165, 1.54) is 6.42 Å². The third-order valence-corrected chi connectivity index (χ3v) is 5.74. The van der Waals surface area contributed by atoms with E-state index in [1.54, 1.807) is 12.3 Å². The summed E-state index contributed by atoms with van der Waals surface area (Å²) in [6.07, 6.45) is 6.17. The minimum atomic E-state index is -3.40. The van der Waals surface area contributed by atoms with Crippen LogP contribution in [0.4, 0.5) is 0 Å². The zero-order valence-corrected chi connectivity index (χ0v) is 14.1. The molecule has 1 aliphatic rings.